The quantitative estimate of drug-likeness (QED) is 0.726. The number of fused-ring (bicyclic) bond motifs is 2. The Hall–Kier alpha value is -3.39. The number of hydrogen-bond acceptors (Lipinski definition) is 5. The number of benzene rings is 2. The van der Waals surface area contributed by atoms with E-state index < -0.39 is 11.9 Å². The zero-order chi connectivity index (χ0) is 21.5. The zero-order valence-electron chi connectivity index (χ0n) is 16.5. The molecule has 2 aromatic rings. The predicted octanol–water partition coefficient (Wildman–Crippen LogP) is 2.58. The molecular formula is C23H19N3O4S. The van der Waals surface area contributed by atoms with Gasteiger partial charge in [0, 0.05) is 40.4 Å². The highest BCUT2D eigenvalue weighted by molar-refractivity contribution is 7.99. The van der Waals surface area contributed by atoms with E-state index in [1.54, 1.807) is 30.0 Å². The molecule has 156 valence electrons. The van der Waals surface area contributed by atoms with E-state index in [1.807, 2.05) is 30.3 Å². The van der Waals surface area contributed by atoms with Crippen molar-refractivity contribution >= 4 is 47.2 Å². The number of carbonyl (C=O) groups is 4. The van der Waals surface area contributed by atoms with Gasteiger partial charge in [-0.15, -0.1) is 11.8 Å². The number of nitrogens with zero attached hydrogens (tertiary/aromatic N) is 1. The minimum Gasteiger partial charge on any atom is -0.322 e. The molecule has 3 aliphatic heterocycles. The molecule has 1 unspecified atom stereocenters. The van der Waals surface area contributed by atoms with Gasteiger partial charge in [0.15, 0.2) is 0 Å². The van der Waals surface area contributed by atoms with Crippen LogP contribution < -0.4 is 10.6 Å². The van der Waals surface area contributed by atoms with E-state index in [4.69, 9.17) is 0 Å². The van der Waals surface area contributed by atoms with Crippen LogP contribution in [0.25, 0.3) is 6.08 Å². The summed E-state index contributed by atoms with van der Waals surface area (Å²) in [5.74, 6) is -0.560. The topological polar surface area (TPSA) is 95.6 Å². The van der Waals surface area contributed by atoms with Gasteiger partial charge >= 0.3 is 0 Å². The van der Waals surface area contributed by atoms with Crippen LogP contribution in [0.4, 0.5) is 5.69 Å². The summed E-state index contributed by atoms with van der Waals surface area (Å²) in [6, 6.07) is 12.5. The first kappa shape index (κ1) is 19.6. The van der Waals surface area contributed by atoms with Crippen molar-refractivity contribution in [3.8, 4) is 0 Å². The highest BCUT2D eigenvalue weighted by Crippen LogP contribution is 2.33. The molecule has 3 heterocycles. The Morgan fingerprint density at radius 1 is 1.13 bits per heavy atom. The van der Waals surface area contributed by atoms with E-state index in [1.165, 1.54) is 4.90 Å². The standard InChI is InChI=1S/C23H19N3O4S/c27-20-8-7-18(22(29)25-20)26-11-14-10-16(5-6-17(14)23(26)30)24-21(28)15-9-13-3-1-2-4-19(13)31-12-15/h1-6,9-10,18H,7-8,11-12H2,(H,24,28)(H,25,27,29). The second-order valence-corrected chi connectivity index (χ2v) is 8.74. The van der Waals surface area contributed by atoms with Gasteiger partial charge in [0.1, 0.15) is 6.04 Å². The van der Waals surface area contributed by atoms with Crippen LogP contribution in [0, 0.1) is 0 Å². The van der Waals surface area contributed by atoms with Crippen LogP contribution in [0.2, 0.25) is 0 Å². The highest BCUT2D eigenvalue weighted by atomic mass is 32.2. The Labute approximate surface area is 182 Å². The van der Waals surface area contributed by atoms with Gasteiger partial charge in [0.2, 0.25) is 11.8 Å². The summed E-state index contributed by atoms with van der Waals surface area (Å²) in [5.41, 5.74) is 3.59. The van der Waals surface area contributed by atoms with E-state index in [-0.39, 0.29) is 30.7 Å². The summed E-state index contributed by atoms with van der Waals surface area (Å²) in [4.78, 5) is 51.8. The average Bonchev–Trinajstić information content (AvgIpc) is 3.09. The van der Waals surface area contributed by atoms with Gasteiger partial charge in [-0.1, -0.05) is 18.2 Å². The largest absolute Gasteiger partial charge is 0.322 e. The first-order chi connectivity index (χ1) is 15.0. The number of amides is 4. The molecule has 0 saturated carbocycles. The molecule has 7 nitrogen and oxygen atoms in total. The van der Waals surface area contributed by atoms with Crippen LogP contribution in [-0.4, -0.2) is 40.3 Å². The number of nitrogens with one attached hydrogen (secondary N) is 2. The molecule has 5 rings (SSSR count). The number of rotatable bonds is 3. The third kappa shape index (κ3) is 3.63. The fourth-order valence-corrected chi connectivity index (χ4v) is 5.10. The number of thioether (sulfide) groups is 1. The average molecular weight is 433 g/mol. The lowest BCUT2D eigenvalue weighted by Gasteiger charge is -2.29. The van der Waals surface area contributed by atoms with Crippen LogP contribution >= 0.6 is 11.8 Å². The summed E-state index contributed by atoms with van der Waals surface area (Å²) in [5, 5.41) is 5.22. The second-order valence-electron chi connectivity index (χ2n) is 7.72. The SMILES string of the molecule is O=C1CCC(N2Cc3cc(NC(=O)C4=Cc5ccccc5SC4)ccc3C2=O)C(=O)N1. The molecule has 31 heavy (non-hydrogen) atoms. The Bertz CT molecular complexity index is 1170. The predicted molar refractivity (Wildman–Crippen MR) is 116 cm³/mol. The van der Waals surface area contributed by atoms with Crippen molar-refractivity contribution in [2.24, 2.45) is 0 Å². The van der Waals surface area contributed by atoms with E-state index in [9.17, 15) is 19.2 Å². The summed E-state index contributed by atoms with van der Waals surface area (Å²) in [6.07, 6.45) is 2.44. The molecular weight excluding hydrogens is 414 g/mol. The van der Waals surface area contributed by atoms with Gasteiger partial charge in [-0.3, -0.25) is 24.5 Å². The lowest BCUT2D eigenvalue weighted by atomic mass is 10.0. The van der Waals surface area contributed by atoms with Gasteiger partial charge in [-0.25, -0.2) is 0 Å². The number of piperidine rings is 1. The third-order valence-corrected chi connectivity index (χ3v) is 6.84. The molecule has 3 aliphatic rings. The number of hydrogen-bond donors (Lipinski definition) is 2. The number of anilines is 1. The van der Waals surface area contributed by atoms with Crippen LogP contribution in [0.3, 0.4) is 0 Å². The second kappa shape index (κ2) is 7.70. The molecule has 8 heteroatoms. The fourth-order valence-electron chi connectivity index (χ4n) is 4.11. The molecule has 4 amide bonds. The highest BCUT2D eigenvalue weighted by Gasteiger charge is 2.39. The molecule has 2 aromatic carbocycles. The lowest BCUT2D eigenvalue weighted by molar-refractivity contribution is -0.136. The number of carbonyl (C=O) groups excluding carboxylic acids is 4. The summed E-state index contributed by atoms with van der Waals surface area (Å²) in [7, 11) is 0. The van der Waals surface area contributed by atoms with Gasteiger partial charge in [-0.2, -0.15) is 0 Å². The van der Waals surface area contributed by atoms with Crippen LogP contribution in [-0.2, 0) is 20.9 Å². The maximum absolute atomic E-state index is 12.8. The van der Waals surface area contributed by atoms with Crippen molar-refractivity contribution in [3.63, 3.8) is 0 Å². The molecule has 0 aromatic heterocycles. The smallest absolute Gasteiger partial charge is 0.255 e. The van der Waals surface area contributed by atoms with E-state index in [2.05, 4.69) is 10.6 Å². The van der Waals surface area contributed by atoms with Crippen LogP contribution in [0.1, 0.15) is 34.3 Å². The Kier molecular flexibility index (Phi) is 4.86. The van der Waals surface area contributed by atoms with Crippen molar-refractivity contribution in [3.05, 3.63) is 64.7 Å². The van der Waals surface area contributed by atoms with Crippen molar-refractivity contribution in [2.45, 2.75) is 30.3 Å². The first-order valence-corrected chi connectivity index (χ1v) is 11.0. The van der Waals surface area contributed by atoms with Gasteiger partial charge in [0.25, 0.3) is 11.8 Å². The molecule has 1 atom stereocenters. The Balaban J connectivity index is 1.32. The van der Waals surface area contributed by atoms with Crippen molar-refractivity contribution in [1.29, 1.82) is 0 Å². The van der Waals surface area contributed by atoms with Gasteiger partial charge in [-0.05, 0) is 47.9 Å². The third-order valence-electron chi connectivity index (χ3n) is 5.70. The Morgan fingerprint density at radius 3 is 2.81 bits per heavy atom. The fraction of sp³-hybridized carbons (Fsp3) is 0.217. The summed E-state index contributed by atoms with van der Waals surface area (Å²) < 4.78 is 0. The zero-order valence-corrected chi connectivity index (χ0v) is 17.3. The van der Waals surface area contributed by atoms with E-state index >= 15 is 0 Å². The van der Waals surface area contributed by atoms with Crippen LogP contribution in [0.15, 0.2) is 52.9 Å². The monoisotopic (exact) mass is 433 g/mol. The first-order valence-electron chi connectivity index (χ1n) is 10.0. The minimum absolute atomic E-state index is 0.173. The maximum Gasteiger partial charge on any atom is 0.255 e. The molecule has 0 bridgehead atoms. The van der Waals surface area contributed by atoms with Crippen LogP contribution in [0.5, 0.6) is 0 Å². The van der Waals surface area contributed by atoms with Crippen molar-refractivity contribution < 1.29 is 19.2 Å². The maximum atomic E-state index is 12.8. The minimum atomic E-state index is -0.653. The van der Waals surface area contributed by atoms with Gasteiger partial charge < -0.3 is 10.2 Å². The lowest BCUT2D eigenvalue weighted by Crippen LogP contribution is -2.52. The summed E-state index contributed by atoms with van der Waals surface area (Å²) >= 11 is 1.63. The molecule has 0 spiro atoms. The molecule has 0 radical (unpaired) electrons. The molecule has 2 N–H and O–H groups in total. The van der Waals surface area contributed by atoms with E-state index in [0.717, 1.165) is 16.0 Å². The number of imide groups is 1. The normalized spacial score (nSPS) is 20.0. The van der Waals surface area contributed by atoms with Crippen molar-refractivity contribution in [2.75, 3.05) is 11.1 Å². The molecule has 1 fully saturated rings. The van der Waals surface area contributed by atoms with Crippen molar-refractivity contribution in [1.82, 2.24) is 10.2 Å². The van der Waals surface area contributed by atoms with Gasteiger partial charge in [0.05, 0.1) is 0 Å². The van der Waals surface area contributed by atoms with E-state index in [0.29, 0.717) is 29.0 Å². The molecule has 1 saturated heterocycles. The molecule has 0 aliphatic carbocycles. The summed E-state index contributed by atoms with van der Waals surface area (Å²) in [6.45, 7) is 0.274. The Morgan fingerprint density at radius 2 is 1.97 bits per heavy atom.